The quantitative estimate of drug-likeness (QED) is 0.828. The number of nitrogens with one attached hydrogen (secondary N) is 1. The zero-order valence-corrected chi connectivity index (χ0v) is 13.9. The molecule has 2 N–H and O–H groups in total. The Morgan fingerprint density at radius 1 is 1.30 bits per heavy atom. The van der Waals surface area contributed by atoms with Crippen molar-refractivity contribution in [3.05, 3.63) is 50.1 Å². The van der Waals surface area contributed by atoms with Crippen molar-refractivity contribution in [2.45, 2.75) is 17.9 Å². The Labute approximate surface area is 141 Å². The normalized spacial score (nSPS) is 15.4. The van der Waals surface area contributed by atoms with Gasteiger partial charge in [0.15, 0.2) is 5.75 Å². The van der Waals surface area contributed by atoms with Crippen LogP contribution in [0.15, 0.2) is 28.2 Å². The monoisotopic (exact) mass is 375 g/mol. The second kappa shape index (κ2) is 5.79. The van der Waals surface area contributed by atoms with Crippen LogP contribution in [0.4, 0.5) is 0 Å². The van der Waals surface area contributed by atoms with Crippen LogP contribution in [0, 0.1) is 0 Å². The molecule has 0 aliphatic carbocycles. The van der Waals surface area contributed by atoms with Crippen LogP contribution in [0.2, 0.25) is 10.0 Å². The lowest BCUT2D eigenvalue weighted by Crippen LogP contribution is -2.38. The predicted octanol–water partition coefficient (Wildman–Crippen LogP) is 1.53. The van der Waals surface area contributed by atoms with E-state index in [0.717, 1.165) is 10.4 Å². The highest BCUT2D eigenvalue weighted by Crippen LogP contribution is 2.36. The minimum Gasteiger partial charge on any atom is -0.505 e. The summed E-state index contributed by atoms with van der Waals surface area (Å²) < 4.78 is 26.6. The molecule has 0 fully saturated rings. The second-order valence-corrected chi connectivity index (χ2v) is 7.73. The number of aromatic nitrogens is 2. The Hall–Kier alpha value is -1.61. The van der Waals surface area contributed by atoms with Crippen LogP contribution in [0.3, 0.4) is 0 Å². The number of halogens is 2. The minimum absolute atomic E-state index is 0.0643. The highest BCUT2D eigenvalue weighted by Gasteiger charge is 2.32. The number of aromatic amines is 1. The molecule has 2 heterocycles. The van der Waals surface area contributed by atoms with Crippen LogP contribution in [0.25, 0.3) is 0 Å². The summed E-state index contributed by atoms with van der Waals surface area (Å²) in [4.78, 5) is 17.8. The zero-order chi connectivity index (χ0) is 16.8. The van der Waals surface area contributed by atoms with Gasteiger partial charge in [0, 0.05) is 17.1 Å². The molecule has 3 rings (SSSR count). The molecular weight excluding hydrogens is 365 g/mol. The van der Waals surface area contributed by atoms with Crippen molar-refractivity contribution in [1.82, 2.24) is 14.3 Å². The van der Waals surface area contributed by atoms with Crippen LogP contribution < -0.4 is 5.56 Å². The van der Waals surface area contributed by atoms with Crippen LogP contribution in [-0.2, 0) is 23.0 Å². The Morgan fingerprint density at radius 2 is 2.04 bits per heavy atom. The summed E-state index contributed by atoms with van der Waals surface area (Å²) in [7, 11) is -4.03. The van der Waals surface area contributed by atoms with Crippen molar-refractivity contribution in [2.75, 3.05) is 6.54 Å². The summed E-state index contributed by atoms with van der Waals surface area (Å²) in [6.07, 6.45) is 1.46. The largest absolute Gasteiger partial charge is 0.505 e. The summed E-state index contributed by atoms with van der Waals surface area (Å²) in [6, 6.07) is 2.39. The molecule has 7 nitrogen and oxygen atoms in total. The van der Waals surface area contributed by atoms with E-state index in [9.17, 15) is 18.3 Å². The molecule has 23 heavy (non-hydrogen) atoms. The third-order valence-electron chi connectivity index (χ3n) is 3.59. The maximum Gasteiger partial charge on any atom is 0.254 e. The number of fused-ring (bicyclic) bond motifs is 1. The van der Waals surface area contributed by atoms with Gasteiger partial charge in [-0.2, -0.15) is 4.31 Å². The first-order chi connectivity index (χ1) is 10.8. The number of nitrogens with zero attached hydrogens (tertiary/aromatic N) is 2. The molecule has 1 aliphatic heterocycles. The number of phenols is 1. The van der Waals surface area contributed by atoms with Gasteiger partial charge in [0.25, 0.3) is 5.56 Å². The van der Waals surface area contributed by atoms with Crippen molar-refractivity contribution in [3.63, 3.8) is 0 Å². The highest BCUT2D eigenvalue weighted by molar-refractivity contribution is 7.89. The number of hydrogen-bond acceptors (Lipinski definition) is 5. The molecule has 1 aliphatic rings. The first-order valence-corrected chi connectivity index (χ1v) is 8.74. The molecule has 0 amide bonds. The van der Waals surface area contributed by atoms with Gasteiger partial charge >= 0.3 is 0 Å². The maximum atomic E-state index is 12.7. The van der Waals surface area contributed by atoms with Gasteiger partial charge in [0.05, 0.1) is 23.6 Å². The number of rotatable bonds is 2. The molecule has 0 unspecified atom stereocenters. The molecule has 2 aromatic rings. The summed E-state index contributed by atoms with van der Waals surface area (Å²) in [5.41, 5.74) is 0.573. The van der Waals surface area contributed by atoms with E-state index in [2.05, 4.69) is 9.97 Å². The van der Waals surface area contributed by atoms with E-state index in [4.69, 9.17) is 23.2 Å². The number of phenolic OH excluding ortho intramolecular Hbond substituents is 1. The van der Waals surface area contributed by atoms with Gasteiger partial charge in [0.2, 0.25) is 10.0 Å². The molecule has 0 saturated carbocycles. The van der Waals surface area contributed by atoms with Crippen LogP contribution in [0.1, 0.15) is 11.3 Å². The average molecular weight is 376 g/mol. The molecule has 0 saturated heterocycles. The minimum atomic E-state index is -4.03. The van der Waals surface area contributed by atoms with E-state index in [1.165, 1.54) is 12.4 Å². The number of benzene rings is 1. The fraction of sp³-hybridized carbons (Fsp3) is 0.231. The zero-order valence-electron chi connectivity index (χ0n) is 11.6. The molecule has 0 radical (unpaired) electrons. The van der Waals surface area contributed by atoms with Gasteiger partial charge in [-0.3, -0.25) is 4.79 Å². The number of hydrogen-bond donors (Lipinski definition) is 2. The first-order valence-electron chi connectivity index (χ1n) is 6.54. The van der Waals surface area contributed by atoms with E-state index in [0.29, 0.717) is 11.3 Å². The Morgan fingerprint density at radius 3 is 2.78 bits per heavy atom. The predicted molar refractivity (Wildman–Crippen MR) is 84.3 cm³/mol. The van der Waals surface area contributed by atoms with E-state index in [-0.39, 0.29) is 40.0 Å². The Kier molecular flexibility index (Phi) is 4.09. The van der Waals surface area contributed by atoms with Gasteiger partial charge in [-0.15, -0.1) is 0 Å². The lowest BCUT2D eigenvalue weighted by molar-refractivity contribution is 0.379. The summed E-state index contributed by atoms with van der Waals surface area (Å²) in [5.74, 6) is -0.555. The smallest absolute Gasteiger partial charge is 0.254 e. The van der Waals surface area contributed by atoms with E-state index in [1.807, 2.05) is 0 Å². The van der Waals surface area contributed by atoms with Crippen molar-refractivity contribution >= 4 is 33.2 Å². The molecule has 0 spiro atoms. The van der Waals surface area contributed by atoms with Crippen LogP contribution in [0.5, 0.6) is 5.75 Å². The van der Waals surface area contributed by atoms with Gasteiger partial charge < -0.3 is 10.1 Å². The van der Waals surface area contributed by atoms with Gasteiger partial charge in [0.1, 0.15) is 4.90 Å². The van der Waals surface area contributed by atoms with Crippen molar-refractivity contribution in [1.29, 1.82) is 0 Å². The summed E-state index contributed by atoms with van der Waals surface area (Å²) >= 11 is 11.6. The van der Waals surface area contributed by atoms with Crippen molar-refractivity contribution < 1.29 is 13.5 Å². The van der Waals surface area contributed by atoms with E-state index >= 15 is 0 Å². The molecule has 1 aromatic heterocycles. The third kappa shape index (κ3) is 2.83. The lowest BCUT2D eigenvalue weighted by Gasteiger charge is -2.27. The number of aromatic hydroxyl groups is 1. The Bertz CT molecular complexity index is 943. The fourth-order valence-electron chi connectivity index (χ4n) is 2.42. The molecule has 0 atom stereocenters. The van der Waals surface area contributed by atoms with E-state index < -0.39 is 15.8 Å². The highest BCUT2D eigenvalue weighted by atomic mass is 35.5. The average Bonchev–Trinajstić information content (AvgIpc) is 2.50. The maximum absolute atomic E-state index is 12.7. The number of H-pyrrole nitrogens is 1. The lowest BCUT2D eigenvalue weighted by atomic mass is 10.1. The molecule has 10 heteroatoms. The van der Waals surface area contributed by atoms with Gasteiger partial charge in [-0.1, -0.05) is 23.2 Å². The fourth-order valence-corrected chi connectivity index (χ4v) is 4.57. The molecule has 122 valence electrons. The van der Waals surface area contributed by atoms with Gasteiger partial charge in [-0.05, 0) is 18.6 Å². The Balaban J connectivity index is 2.04. The van der Waals surface area contributed by atoms with Crippen LogP contribution in [-0.4, -0.2) is 34.3 Å². The summed E-state index contributed by atoms with van der Waals surface area (Å²) in [6.45, 7) is 0.0266. The SMILES string of the molecule is O=c1[nH]cnc2c1CCN(S(=O)(=O)c1cc(Cl)cc(Cl)c1O)C2. The standard InChI is InChI=1S/C13H11Cl2N3O4S/c14-7-3-9(15)12(19)11(4-7)23(21,22)18-2-1-8-10(5-18)16-6-17-13(8)20/h3-4,6,19H,1-2,5H2,(H,16,17,20). The third-order valence-corrected chi connectivity index (χ3v) is 5.95. The summed E-state index contributed by atoms with van der Waals surface area (Å²) in [5, 5.41) is 9.91. The topological polar surface area (TPSA) is 103 Å². The molecular formula is C13H11Cl2N3O4S. The van der Waals surface area contributed by atoms with E-state index in [1.54, 1.807) is 0 Å². The first kappa shape index (κ1) is 16.3. The van der Waals surface area contributed by atoms with Crippen molar-refractivity contribution in [2.24, 2.45) is 0 Å². The van der Waals surface area contributed by atoms with Crippen LogP contribution >= 0.6 is 23.2 Å². The second-order valence-electron chi connectivity index (χ2n) is 4.98. The van der Waals surface area contributed by atoms with Gasteiger partial charge in [-0.25, -0.2) is 13.4 Å². The molecule has 1 aromatic carbocycles. The van der Waals surface area contributed by atoms with Crippen molar-refractivity contribution in [3.8, 4) is 5.75 Å². The number of sulfonamides is 1. The molecule has 0 bridgehead atoms.